The Balaban J connectivity index is 2.86. The summed E-state index contributed by atoms with van der Waals surface area (Å²) in [6.07, 6.45) is 4.07. The topological polar surface area (TPSA) is 50.4 Å². The molecule has 1 unspecified atom stereocenters. The SMILES string of the molecule is CCc1cccc(CC)c1NC(N)=NCC(C)SC. The van der Waals surface area contributed by atoms with E-state index in [0.29, 0.717) is 11.2 Å². The molecule has 1 aromatic rings. The second kappa shape index (κ2) is 8.10. The normalized spacial score (nSPS) is 13.4. The van der Waals surface area contributed by atoms with E-state index in [2.05, 4.69) is 55.5 Å². The molecule has 0 aromatic heterocycles. The Labute approximate surface area is 121 Å². The van der Waals surface area contributed by atoms with Crippen molar-refractivity contribution in [3.8, 4) is 0 Å². The molecule has 0 spiro atoms. The fourth-order valence-corrected chi connectivity index (χ4v) is 2.10. The highest BCUT2D eigenvalue weighted by molar-refractivity contribution is 7.99. The lowest BCUT2D eigenvalue weighted by atomic mass is 10.0. The Hall–Kier alpha value is -1.16. The number of benzene rings is 1. The molecule has 0 radical (unpaired) electrons. The van der Waals surface area contributed by atoms with E-state index in [1.165, 1.54) is 11.1 Å². The highest BCUT2D eigenvalue weighted by atomic mass is 32.2. The summed E-state index contributed by atoms with van der Waals surface area (Å²) < 4.78 is 0. The van der Waals surface area contributed by atoms with Crippen LogP contribution in [-0.2, 0) is 12.8 Å². The van der Waals surface area contributed by atoms with Crippen LogP contribution in [0.15, 0.2) is 23.2 Å². The van der Waals surface area contributed by atoms with Gasteiger partial charge >= 0.3 is 0 Å². The van der Waals surface area contributed by atoms with E-state index in [4.69, 9.17) is 5.73 Å². The maximum absolute atomic E-state index is 5.99. The Kier molecular flexibility index (Phi) is 6.78. The molecule has 106 valence electrons. The summed E-state index contributed by atoms with van der Waals surface area (Å²) in [6, 6.07) is 6.38. The zero-order chi connectivity index (χ0) is 14.3. The van der Waals surface area contributed by atoms with E-state index in [1.807, 2.05) is 0 Å². The number of guanidine groups is 1. The van der Waals surface area contributed by atoms with Crippen LogP contribution in [0.5, 0.6) is 0 Å². The van der Waals surface area contributed by atoms with Gasteiger partial charge in [0.2, 0.25) is 0 Å². The molecular weight excluding hydrogens is 254 g/mol. The molecule has 3 N–H and O–H groups in total. The number of hydrogen-bond donors (Lipinski definition) is 2. The number of hydrogen-bond acceptors (Lipinski definition) is 2. The fraction of sp³-hybridized carbons (Fsp3) is 0.533. The van der Waals surface area contributed by atoms with E-state index in [-0.39, 0.29) is 0 Å². The van der Waals surface area contributed by atoms with Crippen molar-refractivity contribution >= 4 is 23.4 Å². The van der Waals surface area contributed by atoms with Gasteiger partial charge in [-0.05, 0) is 30.2 Å². The number of rotatable bonds is 6. The molecule has 4 heteroatoms. The van der Waals surface area contributed by atoms with Crippen LogP contribution in [0.4, 0.5) is 5.69 Å². The predicted molar refractivity (Wildman–Crippen MR) is 88.3 cm³/mol. The Bertz CT molecular complexity index is 407. The van der Waals surface area contributed by atoms with E-state index in [0.717, 1.165) is 25.1 Å². The van der Waals surface area contributed by atoms with Crippen molar-refractivity contribution in [3.05, 3.63) is 29.3 Å². The van der Waals surface area contributed by atoms with Crippen LogP contribution in [0.3, 0.4) is 0 Å². The molecule has 19 heavy (non-hydrogen) atoms. The highest BCUT2D eigenvalue weighted by Crippen LogP contribution is 2.22. The van der Waals surface area contributed by atoms with Crippen LogP contribution in [0.2, 0.25) is 0 Å². The maximum Gasteiger partial charge on any atom is 0.193 e. The first-order valence-corrected chi connectivity index (χ1v) is 8.11. The van der Waals surface area contributed by atoms with Gasteiger partial charge in [0, 0.05) is 10.9 Å². The van der Waals surface area contributed by atoms with Crippen LogP contribution in [-0.4, -0.2) is 24.0 Å². The number of nitrogens with zero attached hydrogens (tertiary/aromatic N) is 1. The molecule has 0 aliphatic rings. The third kappa shape index (κ3) is 4.78. The zero-order valence-corrected chi connectivity index (χ0v) is 13.2. The molecule has 0 bridgehead atoms. The Morgan fingerprint density at radius 2 is 1.89 bits per heavy atom. The van der Waals surface area contributed by atoms with Crippen LogP contribution < -0.4 is 11.1 Å². The smallest absolute Gasteiger partial charge is 0.193 e. The van der Waals surface area contributed by atoms with Gasteiger partial charge in [0.1, 0.15) is 0 Å². The number of para-hydroxylation sites is 1. The lowest BCUT2D eigenvalue weighted by Crippen LogP contribution is -2.25. The van der Waals surface area contributed by atoms with Gasteiger partial charge in [-0.2, -0.15) is 11.8 Å². The van der Waals surface area contributed by atoms with Crippen molar-refractivity contribution in [2.75, 3.05) is 18.1 Å². The maximum atomic E-state index is 5.99. The average Bonchev–Trinajstić information content (AvgIpc) is 2.44. The van der Waals surface area contributed by atoms with Crippen molar-refractivity contribution in [1.82, 2.24) is 0 Å². The first kappa shape index (κ1) is 15.9. The summed E-state index contributed by atoms with van der Waals surface area (Å²) >= 11 is 1.80. The number of thioether (sulfide) groups is 1. The van der Waals surface area contributed by atoms with E-state index in [9.17, 15) is 0 Å². The quantitative estimate of drug-likeness (QED) is 0.620. The highest BCUT2D eigenvalue weighted by Gasteiger charge is 2.07. The van der Waals surface area contributed by atoms with Gasteiger partial charge in [-0.15, -0.1) is 0 Å². The first-order chi connectivity index (χ1) is 9.12. The average molecular weight is 279 g/mol. The zero-order valence-electron chi connectivity index (χ0n) is 12.4. The molecule has 0 aliphatic heterocycles. The van der Waals surface area contributed by atoms with E-state index >= 15 is 0 Å². The van der Waals surface area contributed by atoms with Gasteiger partial charge in [-0.25, -0.2) is 0 Å². The van der Waals surface area contributed by atoms with Gasteiger partial charge in [-0.1, -0.05) is 39.0 Å². The molecule has 0 saturated heterocycles. The minimum atomic E-state index is 0.493. The number of nitrogens with two attached hydrogens (primary N) is 1. The second-order valence-corrected chi connectivity index (χ2v) is 5.83. The van der Waals surface area contributed by atoms with Gasteiger partial charge in [0.15, 0.2) is 5.96 Å². The van der Waals surface area contributed by atoms with Crippen LogP contribution in [0.1, 0.15) is 31.9 Å². The molecule has 1 atom stereocenters. The van der Waals surface area contributed by atoms with E-state index < -0.39 is 0 Å². The molecule has 0 heterocycles. The van der Waals surface area contributed by atoms with Gasteiger partial charge in [-0.3, -0.25) is 4.99 Å². The lowest BCUT2D eigenvalue weighted by molar-refractivity contribution is 0.950. The van der Waals surface area contributed by atoms with Crippen molar-refractivity contribution in [2.24, 2.45) is 10.7 Å². The third-order valence-electron chi connectivity index (χ3n) is 3.17. The number of anilines is 1. The Morgan fingerprint density at radius 3 is 2.37 bits per heavy atom. The number of nitrogens with one attached hydrogen (secondary N) is 1. The van der Waals surface area contributed by atoms with Crippen LogP contribution >= 0.6 is 11.8 Å². The lowest BCUT2D eigenvalue weighted by Gasteiger charge is -2.15. The summed E-state index contributed by atoms with van der Waals surface area (Å²) in [5.74, 6) is 0.511. The van der Waals surface area contributed by atoms with Crippen LogP contribution in [0.25, 0.3) is 0 Å². The van der Waals surface area contributed by atoms with Crippen molar-refractivity contribution in [3.63, 3.8) is 0 Å². The Morgan fingerprint density at radius 1 is 1.32 bits per heavy atom. The summed E-state index contributed by atoms with van der Waals surface area (Å²) in [5, 5.41) is 3.77. The largest absolute Gasteiger partial charge is 0.370 e. The first-order valence-electron chi connectivity index (χ1n) is 6.82. The number of aliphatic imine (C=N–C) groups is 1. The van der Waals surface area contributed by atoms with Crippen molar-refractivity contribution < 1.29 is 0 Å². The molecule has 0 saturated carbocycles. The molecule has 0 aliphatic carbocycles. The molecule has 1 aromatic carbocycles. The van der Waals surface area contributed by atoms with Crippen molar-refractivity contribution in [2.45, 2.75) is 38.9 Å². The van der Waals surface area contributed by atoms with Gasteiger partial charge in [0.05, 0.1) is 6.54 Å². The third-order valence-corrected chi connectivity index (χ3v) is 4.13. The predicted octanol–water partition coefficient (Wildman–Crippen LogP) is 3.29. The summed E-state index contributed by atoms with van der Waals surface area (Å²) in [7, 11) is 0. The van der Waals surface area contributed by atoms with Crippen LogP contribution in [0, 0.1) is 0 Å². The molecule has 0 amide bonds. The molecule has 1 rings (SSSR count). The molecule has 0 fully saturated rings. The monoisotopic (exact) mass is 279 g/mol. The fourth-order valence-electron chi connectivity index (χ4n) is 1.87. The minimum absolute atomic E-state index is 0.493. The van der Waals surface area contributed by atoms with E-state index in [1.54, 1.807) is 11.8 Å². The van der Waals surface area contributed by atoms with Gasteiger partial charge in [0.25, 0.3) is 0 Å². The minimum Gasteiger partial charge on any atom is -0.370 e. The molecule has 3 nitrogen and oxygen atoms in total. The second-order valence-electron chi connectivity index (χ2n) is 4.56. The van der Waals surface area contributed by atoms with Gasteiger partial charge < -0.3 is 11.1 Å². The summed E-state index contributed by atoms with van der Waals surface area (Å²) in [4.78, 5) is 4.40. The standard InChI is InChI=1S/C15H25N3S/c1-5-12-8-7-9-13(6-2)14(12)18-15(16)17-10-11(3)19-4/h7-9,11H,5-6,10H2,1-4H3,(H3,16,17,18). The van der Waals surface area contributed by atoms with Crippen molar-refractivity contribution in [1.29, 1.82) is 0 Å². The summed E-state index contributed by atoms with van der Waals surface area (Å²) in [6.45, 7) is 7.21. The number of aryl methyl sites for hydroxylation is 2. The molecular formula is C15H25N3S. The summed E-state index contributed by atoms with van der Waals surface area (Å²) in [5.41, 5.74) is 9.69.